The zero-order valence-corrected chi connectivity index (χ0v) is 18.7. The third-order valence-corrected chi connectivity index (χ3v) is 6.95. The van der Waals surface area contributed by atoms with Crippen LogP contribution in [0.3, 0.4) is 0 Å². The van der Waals surface area contributed by atoms with Gasteiger partial charge in [-0.25, -0.2) is 0 Å². The van der Waals surface area contributed by atoms with Crippen molar-refractivity contribution in [2.24, 2.45) is 29.1 Å². The number of hydrogen-bond acceptors (Lipinski definition) is 3. The number of amides is 2. The number of nitrogens with zero attached hydrogens (tertiary/aromatic N) is 3. The lowest BCUT2D eigenvalue weighted by Gasteiger charge is -2.38. The van der Waals surface area contributed by atoms with Gasteiger partial charge in [-0.3, -0.25) is 14.5 Å². The number of rotatable bonds is 4. The van der Waals surface area contributed by atoms with Crippen molar-refractivity contribution in [3.8, 4) is 0 Å². The van der Waals surface area contributed by atoms with Crippen LogP contribution < -0.4 is 0 Å². The number of carbonyl (C=O) groups excluding carboxylic acids is 2. The minimum atomic E-state index is 0.0725. The summed E-state index contributed by atoms with van der Waals surface area (Å²) in [7, 11) is 0. The van der Waals surface area contributed by atoms with Crippen molar-refractivity contribution in [2.45, 2.75) is 48.0 Å². The molecule has 2 heterocycles. The zero-order valence-electron chi connectivity index (χ0n) is 18.7. The predicted molar refractivity (Wildman–Crippen MR) is 113 cm³/mol. The molecule has 4 atom stereocenters. The van der Waals surface area contributed by atoms with Crippen LogP contribution in [0.15, 0.2) is 11.6 Å². The van der Waals surface area contributed by atoms with Gasteiger partial charge in [-0.15, -0.1) is 0 Å². The fourth-order valence-electron chi connectivity index (χ4n) is 5.30. The van der Waals surface area contributed by atoms with Crippen LogP contribution in [0.25, 0.3) is 0 Å². The van der Waals surface area contributed by atoms with Gasteiger partial charge in [0.05, 0.1) is 12.5 Å². The SMILES string of the molecule is CC(C)=CC1C(C(=O)N2CCN(CC(=O)N3CC(C)CC(C)C3)CC2)C1(C)C. The fourth-order valence-corrected chi connectivity index (χ4v) is 5.30. The molecule has 2 saturated heterocycles. The molecule has 0 aromatic rings. The average Bonchev–Trinajstić information content (AvgIpc) is 3.13. The lowest BCUT2D eigenvalue weighted by molar-refractivity contribution is -0.137. The van der Waals surface area contributed by atoms with Crippen molar-refractivity contribution in [3.05, 3.63) is 11.6 Å². The van der Waals surface area contributed by atoms with Crippen LogP contribution in [0.4, 0.5) is 0 Å². The topological polar surface area (TPSA) is 43.9 Å². The summed E-state index contributed by atoms with van der Waals surface area (Å²) < 4.78 is 0. The monoisotopic (exact) mass is 389 g/mol. The summed E-state index contributed by atoms with van der Waals surface area (Å²) in [6, 6.07) is 0. The Morgan fingerprint density at radius 3 is 2.07 bits per heavy atom. The van der Waals surface area contributed by atoms with Crippen LogP contribution in [0.2, 0.25) is 0 Å². The van der Waals surface area contributed by atoms with Crippen molar-refractivity contribution < 1.29 is 9.59 Å². The van der Waals surface area contributed by atoms with E-state index in [0.717, 1.165) is 39.3 Å². The number of likely N-dealkylation sites (tertiary alicyclic amines) is 1. The average molecular weight is 390 g/mol. The van der Waals surface area contributed by atoms with E-state index >= 15 is 0 Å². The second-order valence-corrected chi connectivity index (χ2v) is 10.4. The highest BCUT2D eigenvalue weighted by Crippen LogP contribution is 2.60. The summed E-state index contributed by atoms with van der Waals surface area (Å²) in [5.74, 6) is 2.23. The first kappa shape index (κ1) is 21.4. The maximum atomic E-state index is 13.0. The molecule has 0 aromatic heterocycles. The maximum absolute atomic E-state index is 13.0. The normalized spacial score (nSPS) is 32.8. The quantitative estimate of drug-likeness (QED) is 0.695. The van der Waals surface area contributed by atoms with E-state index in [1.54, 1.807) is 0 Å². The molecule has 0 bridgehead atoms. The van der Waals surface area contributed by atoms with E-state index in [4.69, 9.17) is 0 Å². The first-order valence-corrected chi connectivity index (χ1v) is 11.0. The minimum Gasteiger partial charge on any atom is -0.341 e. The fraction of sp³-hybridized carbons (Fsp3) is 0.826. The second-order valence-electron chi connectivity index (χ2n) is 10.4. The van der Waals surface area contributed by atoms with E-state index in [2.05, 4.69) is 52.5 Å². The molecule has 1 aliphatic carbocycles. The molecule has 2 amide bonds. The lowest BCUT2D eigenvalue weighted by atomic mass is 9.92. The van der Waals surface area contributed by atoms with Gasteiger partial charge in [-0.2, -0.15) is 0 Å². The Kier molecular flexibility index (Phi) is 6.23. The molecular weight excluding hydrogens is 350 g/mol. The summed E-state index contributed by atoms with van der Waals surface area (Å²) >= 11 is 0. The summed E-state index contributed by atoms with van der Waals surface area (Å²) in [6.45, 7) is 18.5. The summed E-state index contributed by atoms with van der Waals surface area (Å²) in [6.07, 6.45) is 3.48. The van der Waals surface area contributed by atoms with Gasteiger partial charge in [0.1, 0.15) is 0 Å². The van der Waals surface area contributed by atoms with Crippen molar-refractivity contribution in [2.75, 3.05) is 45.8 Å². The Bertz CT molecular complexity index is 620. The third-order valence-electron chi connectivity index (χ3n) is 6.95. The van der Waals surface area contributed by atoms with Crippen LogP contribution in [-0.2, 0) is 9.59 Å². The van der Waals surface area contributed by atoms with E-state index in [1.165, 1.54) is 12.0 Å². The molecule has 3 fully saturated rings. The first-order chi connectivity index (χ1) is 13.1. The Hall–Kier alpha value is -1.36. The van der Waals surface area contributed by atoms with Crippen LogP contribution in [0.5, 0.6) is 0 Å². The summed E-state index contributed by atoms with van der Waals surface area (Å²) in [5, 5.41) is 0. The van der Waals surface area contributed by atoms with Gasteiger partial charge in [0.2, 0.25) is 11.8 Å². The van der Waals surface area contributed by atoms with Crippen LogP contribution >= 0.6 is 0 Å². The van der Waals surface area contributed by atoms with Gasteiger partial charge >= 0.3 is 0 Å². The Morgan fingerprint density at radius 2 is 1.54 bits per heavy atom. The molecule has 0 spiro atoms. The van der Waals surface area contributed by atoms with E-state index in [-0.39, 0.29) is 17.2 Å². The highest BCUT2D eigenvalue weighted by atomic mass is 16.2. The van der Waals surface area contributed by atoms with Gasteiger partial charge in [0.25, 0.3) is 0 Å². The van der Waals surface area contributed by atoms with Crippen LogP contribution in [0, 0.1) is 29.1 Å². The number of hydrogen-bond donors (Lipinski definition) is 0. The molecule has 28 heavy (non-hydrogen) atoms. The molecule has 0 aromatic carbocycles. The number of carbonyl (C=O) groups is 2. The molecule has 2 aliphatic heterocycles. The number of allylic oxidation sites excluding steroid dienone is 2. The van der Waals surface area contributed by atoms with Gasteiger partial charge in [-0.1, -0.05) is 39.3 Å². The molecular formula is C23H39N3O2. The smallest absolute Gasteiger partial charge is 0.236 e. The predicted octanol–water partition coefficient (Wildman–Crippen LogP) is 2.87. The standard InChI is InChI=1S/C23H39N3O2/c1-16(2)11-19-21(23(19,5)6)22(28)25-9-7-24(8-10-25)15-20(27)26-13-17(3)12-18(4)14-26/h11,17-19,21H,7-10,12-15H2,1-6H3. The van der Waals surface area contributed by atoms with Gasteiger partial charge in [0.15, 0.2) is 0 Å². The highest BCUT2D eigenvalue weighted by molar-refractivity contribution is 5.84. The van der Waals surface area contributed by atoms with Crippen molar-refractivity contribution in [3.63, 3.8) is 0 Å². The van der Waals surface area contributed by atoms with Crippen LogP contribution in [-0.4, -0.2) is 72.3 Å². The molecule has 3 aliphatic rings. The molecule has 158 valence electrons. The second kappa shape index (κ2) is 8.17. The van der Waals surface area contributed by atoms with E-state index in [0.29, 0.717) is 30.2 Å². The molecule has 0 N–H and O–H groups in total. The molecule has 1 saturated carbocycles. The Balaban J connectivity index is 1.48. The minimum absolute atomic E-state index is 0.0725. The Morgan fingerprint density at radius 1 is 0.964 bits per heavy atom. The van der Waals surface area contributed by atoms with E-state index < -0.39 is 0 Å². The van der Waals surface area contributed by atoms with Gasteiger partial charge < -0.3 is 9.80 Å². The number of piperidine rings is 1. The summed E-state index contributed by atoms with van der Waals surface area (Å²) in [4.78, 5) is 32.0. The van der Waals surface area contributed by atoms with Crippen LogP contribution in [0.1, 0.15) is 48.0 Å². The summed E-state index contributed by atoms with van der Waals surface area (Å²) in [5.41, 5.74) is 1.36. The van der Waals surface area contributed by atoms with Crippen molar-refractivity contribution in [1.82, 2.24) is 14.7 Å². The maximum Gasteiger partial charge on any atom is 0.236 e. The van der Waals surface area contributed by atoms with Crippen molar-refractivity contribution in [1.29, 1.82) is 0 Å². The largest absolute Gasteiger partial charge is 0.341 e. The van der Waals surface area contributed by atoms with E-state index in [1.807, 2.05) is 9.80 Å². The molecule has 0 radical (unpaired) electrons. The Labute approximate surface area is 171 Å². The first-order valence-electron chi connectivity index (χ1n) is 11.0. The number of piperazine rings is 1. The van der Waals surface area contributed by atoms with Gasteiger partial charge in [0, 0.05) is 39.3 Å². The molecule has 5 heteroatoms. The highest BCUT2D eigenvalue weighted by Gasteiger charge is 2.61. The molecule has 3 rings (SSSR count). The zero-order chi connectivity index (χ0) is 20.6. The van der Waals surface area contributed by atoms with Crippen molar-refractivity contribution >= 4 is 11.8 Å². The van der Waals surface area contributed by atoms with E-state index in [9.17, 15) is 9.59 Å². The molecule has 4 unspecified atom stereocenters. The molecule has 5 nitrogen and oxygen atoms in total. The third kappa shape index (κ3) is 4.61. The van der Waals surface area contributed by atoms with Gasteiger partial charge in [-0.05, 0) is 43.4 Å². The lowest BCUT2D eigenvalue weighted by Crippen LogP contribution is -2.53.